The van der Waals surface area contributed by atoms with Crippen molar-refractivity contribution in [2.24, 2.45) is 0 Å². The molecule has 1 aromatic rings. The highest BCUT2D eigenvalue weighted by Gasteiger charge is 2.32. The second-order valence-electron chi connectivity index (χ2n) is 5.93. The first-order valence-electron chi connectivity index (χ1n) is 8.06. The van der Waals surface area contributed by atoms with Crippen LogP contribution in [0.1, 0.15) is 26.2 Å². The molecule has 0 spiro atoms. The Morgan fingerprint density at radius 3 is 2.68 bits per heavy atom. The van der Waals surface area contributed by atoms with E-state index >= 15 is 0 Å². The van der Waals surface area contributed by atoms with Crippen LogP contribution in [0.5, 0.6) is 0 Å². The number of carboxylic acid groups (broad SMARTS) is 1. The fraction of sp³-hybridized carbons (Fsp3) is 0.471. The summed E-state index contributed by atoms with van der Waals surface area (Å²) in [7, 11) is 0. The van der Waals surface area contributed by atoms with Crippen LogP contribution in [-0.4, -0.2) is 51.4 Å². The fourth-order valence-electron chi connectivity index (χ4n) is 2.78. The van der Waals surface area contributed by atoms with Crippen molar-refractivity contribution < 1.29 is 23.9 Å². The number of hydrogen-bond donors (Lipinski definition) is 2. The summed E-state index contributed by atoms with van der Waals surface area (Å²) in [5.74, 6) is -1.62. The standard InChI is InChI=1S/C17H21FN2O4S/c1-11(17(24)20-8-2-3-14(20)9-16(22)23)25-10-15(21)19-13-6-4-12(18)5-7-13/h4-7,11,14H,2-3,8-10H2,1H3,(H,19,21)(H,22,23). The smallest absolute Gasteiger partial charge is 0.305 e. The Bertz CT molecular complexity index is 638. The van der Waals surface area contributed by atoms with Crippen LogP contribution in [0.25, 0.3) is 0 Å². The van der Waals surface area contributed by atoms with Crippen molar-refractivity contribution in [3.05, 3.63) is 30.1 Å². The Balaban J connectivity index is 1.81. The molecular formula is C17H21FN2O4S. The lowest BCUT2D eigenvalue weighted by molar-refractivity contribution is -0.139. The lowest BCUT2D eigenvalue weighted by Gasteiger charge is -2.26. The summed E-state index contributed by atoms with van der Waals surface area (Å²) in [4.78, 5) is 36.9. The van der Waals surface area contributed by atoms with E-state index < -0.39 is 11.2 Å². The van der Waals surface area contributed by atoms with Crippen LogP contribution in [0.2, 0.25) is 0 Å². The third-order valence-electron chi connectivity index (χ3n) is 4.01. The van der Waals surface area contributed by atoms with E-state index in [2.05, 4.69) is 5.32 Å². The van der Waals surface area contributed by atoms with Gasteiger partial charge in [0.25, 0.3) is 0 Å². The molecule has 25 heavy (non-hydrogen) atoms. The molecule has 0 aliphatic carbocycles. The molecule has 2 rings (SSSR count). The van der Waals surface area contributed by atoms with Crippen molar-refractivity contribution in [2.75, 3.05) is 17.6 Å². The van der Waals surface area contributed by atoms with Crippen LogP contribution in [0.4, 0.5) is 10.1 Å². The molecular weight excluding hydrogens is 347 g/mol. The summed E-state index contributed by atoms with van der Waals surface area (Å²) in [5, 5.41) is 11.1. The molecule has 2 N–H and O–H groups in total. The Morgan fingerprint density at radius 1 is 1.36 bits per heavy atom. The molecule has 0 aromatic heterocycles. The molecule has 0 bridgehead atoms. The van der Waals surface area contributed by atoms with E-state index in [9.17, 15) is 18.8 Å². The van der Waals surface area contributed by atoms with Crippen molar-refractivity contribution in [3.63, 3.8) is 0 Å². The lowest BCUT2D eigenvalue weighted by Crippen LogP contribution is -2.41. The first kappa shape index (κ1) is 19.2. The first-order valence-corrected chi connectivity index (χ1v) is 9.11. The summed E-state index contributed by atoms with van der Waals surface area (Å²) in [6, 6.07) is 5.18. The molecule has 6 nitrogen and oxygen atoms in total. The Hall–Kier alpha value is -2.09. The van der Waals surface area contributed by atoms with Crippen molar-refractivity contribution in [1.29, 1.82) is 0 Å². The van der Waals surface area contributed by atoms with E-state index in [0.717, 1.165) is 6.42 Å². The summed E-state index contributed by atoms with van der Waals surface area (Å²) < 4.78 is 12.8. The SMILES string of the molecule is CC(SCC(=O)Nc1ccc(F)cc1)C(=O)N1CCCC1CC(=O)O. The topological polar surface area (TPSA) is 86.7 Å². The van der Waals surface area contributed by atoms with Gasteiger partial charge in [0, 0.05) is 18.3 Å². The van der Waals surface area contributed by atoms with E-state index in [-0.39, 0.29) is 35.8 Å². The quantitative estimate of drug-likeness (QED) is 0.771. The largest absolute Gasteiger partial charge is 0.481 e. The zero-order valence-corrected chi connectivity index (χ0v) is 14.7. The first-order chi connectivity index (χ1) is 11.9. The number of amides is 2. The molecule has 136 valence electrons. The Morgan fingerprint density at radius 2 is 2.04 bits per heavy atom. The van der Waals surface area contributed by atoms with Crippen LogP contribution in [0, 0.1) is 5.82 Å². The summed E-state index contributed by atoms with van der Waals surface area (Å²) >= 11 is 1.20. The summed E-state index contributed by atoms with van der Waals surface area (Å²) in [6.07, 6.45) is 1.45. The maximum absolute atomic E-state index is 12.8. The van der Waals surface area contributed by atoms with Gasteiger partial charge in [-0.3, -0.25) is 14.4 Å². The zero-order chi connectivity index (χ0) is 18.4. The second kappa shape index (κ2) is 8.84. The molecule has 1 heterocycles. The van der Waals surface area contributed by atoms with Crippen LogP contribution < -0.4 is 5.32 Å². The molecule has 2 unspecified atom stereocenters. The van der Waals surface area contributed by atoms with E-state index in [1.807, 2.05) is 0 Å². The van der Waals surface area contributed by atoms with Gasteiger partial charge in [-0.25, -0.2) is 4.39 Å². The van der Waals surface area contributed by atoms with Crippen LogP contribution in [-0.2, 0) is 14.4 Å². The van der Waals surface area contributed by atoms with Gasteiger partial charge in [-0.2, -0.15) is 0 Å². The predicted molar refractivity (Wildman–Crippen MR) is 93.9 cm³/mol. The number of aliphatic carboxylic acids is 1. The van der Waals surface area contributed by atoms with Gasteiger partial charge in [-0.05, 0) is 44.0 Å². The van der Waals surface area contributed by atoms with Gasteiger partial charge in [0.05, 0.1) is 17.4 Å². The van der Waals surface area contributed by atoms with E-state index in [1.54, 1.807) is 11.8 Å². The van der Waals surface area contributed by atoms with Crippen LogP contribution in [0.15, 0.2) is 24.3 Å². The molecule has 0 radical (unpaired) electrons. The number of anilines is 1. The molecule has 1 aliphatic rings. The Kier molecular flexibility index (Phi) is 6.81. The van der Waals surface area contributed by atoms with Crippen LogP contribution >= 0.6 is 11.8 Å². The molecule has 2 amide bonds. The lowest BCUT2D eigenvalue weighted by atomic mass is 10.1. The maximum atomic E-state index is 12.8. The van der Waals surface area contributed by atoms with Gasteiger partial charge < -0.3 is 15.3 Å². The van der Waals surface area contributed by atoms with Gasteiger partial charge in [-0.1, -0.05) is 0 Å². The highest BCUT2D eigenvalue weighted by atomic mass is 32.2. The number of nitrogens with one attached hydrogen (secondary N) is 1. The minimum Gasteiger partial charge on any atom is -0.481 e. The molecule has 8 heteroatoms. The number of carbonyl (C=O) groups excluding carboxylic acids is 2. The Labute approximate surface area is 149 Å². The summed E-state index contributed by atoms with van der Waals surface area (Å²) in [5.41, 5.74) is 0.493. The average Bonchev–Trinajstić information content (AvgIpc) is 3.01. The minimum atomic E-state index is -0.913. The normalized spacial score (nSPS) is 18.0. The van der Waals surface area contributed by atoms with Crippen molar-refractivity contribution in [2.45, 2.75) is 37.5 Å². The van der Waals surface area contributed by atoms with Gasteiger partial charge in [0.15, 0.2) is 0 Å². The molecule has 1 aliphatic heterocycles. The van der Waals surface area contributed by atoms with Crippen molar-refractivity contribution in [3.8, 4) is 0 Å². The van der Waals surface area contributed by atoms with Crippen LogP contribution in [0.3, 0.4) is 0 Å². The minimum absolute atomic E-state index is 0.0474. The van der Waals surface area contributed by atoms with Gasteiger partial charge in [0.2, 0.25) is 11.8 Å². The predicted octanol–water partition coefficient (Wildman–Crippen LogP) is 2.35. The number of carbonyl (C=O) groups is 3. The number of rotatable bonds is 7. The third kappa shape index (κ3) is 5.74. The number of carboxylic acids is 1. The van der Waals surface area contributed by atoms with Gasteiger partial charge in [-0.15, -0.1) is 11.8 Å². The number of thioether (sulfide) groups is 1. The van der Waals surface area contributed by atoms with E-state index in [4.69, 9.17) is 5.11 Å². The second-order valence-corrected chi connectivity index (χ2v) is 7.26. The van der Waals surface area contributed by atoms with E-state index in [0.29, 0.717) is 18.7 Å². The third-order valence-corrected chi connectivity index (χ3v) is 5.14. The van der Waals surface area contributed by atoms with Gasteiger partial charge in [0.1, 0.15) is 5.82 Å². The number of hydrogen-bond acceptors (Lipinski definition) is 4. The zero-order valence-electron chi connectivity index (χ0n) is 13.9. The van der Waals surface area contributed by atoms with Crippen molar-refractivity contribution >= 4 is 35.2 Å². The highest BCUT2D eigenvalue weighted by Crippen LogP contribution is 2.24. The number of likely N-dealkylation sites (tertiary alicyclic amines) is 1. The average molecular weight is 368 g/mol. The summed E-state index contributed by atoms with van der Waals surface area (Å²) in [6.45, 7) is 2.28. The number of benzene rings is 1. The highest BCUT2D eigenvalue weighted by molar-refractivity contribution is 8.01. The fourth-order valence-corrected chi connectivity index (χ4v) is 3.53. The molecule has 2 atom stereocenters. The number of nitrogens with zero attached hydrogens (tertiary/aromatic N) is 1. The molecule has 1 saturated heterocycles. The maximum Gasteiger partial charge on any atom is 0.305 e. The molecule has 0 saturated carbocycles. The monoisotopic (exact) mass is 368 g/mol. The number of halogens is 1. The molecule has 1 aromatic carbocycles. The van der Waals surface area contributed by atoms with E-state index in [1.165, 1.54) is 36.0 Å². The molecule has 1 fully saturated rings. The van der Waals surface area contributed by atoms with Crippen molar-refractivity contribution in [1.82, 2.24) is 4.90 Å². The van der Waals surface area contributed by atoms with Gasteiger partial charge >= 0.3 is 5.97 Å².